The van der Waals surface area contributed by atoms with Crippen LogP contribution in [0.2, 0.25) is 0 Å². The summed E-state index contributed by atoms with van der Waals surface area (Å²) in [5.41, 5.74) is 1.36. The van der Waals surface area contributed by atoms with Crippen LogP contribution in [0.3, 0.4) is 0 Å². The number of thiazole rings is 1. The summed E-state index contributed by atoms with van der Waals surface area (Å²) < 4.78 is 2.02. The Bertz CT molecular complexity index is 481. The first-order valence-electron chi connectivity index (χ1n) is 5.90. The van der Waals surface area contributed by atoms with E-state index >= 15 is 0 Å². The first-order chi connectivity index (χ1) is 7.88. The minimum atomic E-state index is 0.689. The van der Waals surface area contributed by atoms with E-state index in [2.05, 4.69) is 20.8 Å². The second-order valence-corrected chi connectivity index (χ2v) is 5.21. The molecule has 1 fully saturated rings. The third kappa shape index (κ3) is 1.59. The lowest BCUT2D eigenvalue weighted by Crippen LogP contribution is -2.07. The molecule has 0 amide bonds. The number of anilines is 1. The Balaban J connectivity index is 1.98. The minimum Gasteiger partial charge on any atom is -0.356 e. The highest BCUT2D eigenvalue weighted by atomic mass is 32.1. The number of aromatic nitrogens is 3. The van der Waals surface area contributed by atoms with Crippen LogP contribution in [0.25, 0.3) is 4.96 Å². The average molecular weight is 236 g/mol. The van der Waals surface area contributed by atoms with Crippen LogP contribution in [0, 0.1) is 0 Å². The zero-order chi connectivity index (χ0) is 11.0. The van der Waals surface area contributed by atoms with Gasteiger partial charge in [0.1, 0.15) is 0 Å². The van der Waals surface area contributed by atoms with E-state index in [1.54, 1.807) is 11.3 Å². The van der Waals surface area contributed by atoms with Crippen molar-refractivity contribution in [1.82, 2.24) is 14.6 Å². The maximum atomic E-state index is 4.47. The van der Waals surface area contributed by atoms with E-state index in [9.17, 15) is 0 Å². The van der Waals surface area contributed by atoms with Crippen molar-refractivity contribution in [2.45, 2.75) is 38.0 Å². The van der Waals surface area contributed by atoms with Gasteiger partial charge in [0.05, 0.1) is 5.69 Å². The van der Waals surface area contributed by atoms with Crippen LogP contribution in [-0.4, -0.2) is 21.6 Å². The van der Waals surface area contributed by atoms with Crippen LogP contribution >= 0.6 is 11.3 Å². The fraction of sp³-hybridized carbons (Fsp3) is 0.636. The molecule has 4 nitrogen and oxygen atoms in total. The predicted molar refractivity (Wildman–Crippen MR) is 66.2 cm³/mol. The second-order valence-electron chi connectivity index (χ2n) is 4.38. The van der Waals surface area contributed by atoms with Gasteiger partial charge in [-0.2, -0.15) is 4.98 Å². The topological polar surface area (TPSA) is 42.2 Å². The highest BCUT2D eigenvalue weighted by molar-refractivity contribution is 7.15. The monoisotopic (exact) mass is 236 g/mol. The minimum absolute atomic E-state index is 0.689. The molecule has 0 spiro atoms. The molecule has 0 aromatic carbocycles. The summed E-state index contributed by atoms with van der Waals surface area (Å²) >= 11 is 1.69. The second kappa shape index (κ2) is 4.05. The van der Waals surface area contributed by atoms with Gasteiger partial charge in [0, 0.05) is 18.3 Å². The Hall–Kier alpha value is -1.10. The van der Waals surface area contributed by atoms with Crippen molar-refractivity contribution < 1.29 is 0 Å². The lowest BCUT2D eigenvalue weighted by molar-refractivity contribution is 0.432. The van der Waals surface area contributed by atoms with Crippen LogP contribution in [-0.2, 0) is 0 Å². The molecule has 86 valence electrons. The van der Waals surface area contributed by atoms with Gasteiger partial charge < -0.3 is 5.32 Å². The van der Waals surface area contributed by atoms with Crippen molar-refractivity contribution in [3.8, 4) is 0 Å². The van der Waals surface area contributed by atoms with Crippen molar-refractivity contribution in [2.24, 2.45) is 0 Å². The van der Waals surface area contributed by atoms with Crippen LogP contribution in [0.1, 0.15) is 43.7 Å². The predicted octanol–water partition coefficient (Wildman–Crippen LogP) is 2.88. The Labute approximate surface area is 98.7 Å². The molecule has 0 bridgehead atoms. The lowest BCUT2D eigenvalue weighted by Gasteiger charge is -2.20. The van der Waals surface area contributed by atoms with Gasteiger partial charge in [-0.25, -0.2) is 4.52 Å². The Morgan fingerprint density at radius 3 is 2.94 bits per heavy atom. The summed E-state index contributed by atoms with van der Waals surface area (Å²) in [7, 11) is 1.86. The molecule has 1 N–H and O–H groups in total. The fourth-order valence-electron chi connectivity index (χ4n) is 2.48. The molecule has 0 radical (unpaired) electrons. The van der Waals surface area contributed by atoms with Crippen molar-refractivity contribution in [3.05, 3.63) is 11.1 Å². The van der Waals surface area contributed by atoms with E-state index < -0.39 is 0 Å². The molecule has 0 aliphatic heterocycles. The highest BCUT2D eigenvalue weighted by Crippen LogP contribution is 2.34. The molecule has 2 heterocycles. The molecule has 1 aliphatic rings. The summed E-state index contributed by atoms with van der Waals surface area (Å²) in [6.45, 7) is 0. The van der Waals surface area contributed by atoms with Gasteiger partial charge in [0.2, 0.25) is 10.9 Å². The first kappa shape index (κ1) is 10.1. The van der Waals surface area contributed by atoms with E-state index in [4.69, 9.17) is 0 Å². The summed E-state index contributed by atoms with van der Waals surface area (Å²) in [6.07, 6.45) is 6.72. The van der Waals surface area contributed by atoms with E-state index in [-0.39, 0.29) is 0 Å². The quantitative estimate of drug-likeness (QED) is 0.871. The van der Waals surface area contributed by atoms with Crippen molar-refractivity contribution in [3.63, 3.8) is 0 Å². The maximum Gasteiger partial charge on any atom is 0.243 e. The molecule has 16 heavy (non-hydrogen) atoms. The standard InChI is InChI=1S/C11H16N4S/c1-12-10-13-11-15(14-10)9(7-16-11)8-5-3-2-4-6-8/h7-8H,2-6H2,1H3,(H,12,14). The van der Waals surface area contributed by atoms with Crippen LogP contribution in [0.5, 0.6) is 0 Å². The summed E-state index contributed by atoms with van der Waals surface area (Å²) in [6, 6.07) is 0. The summed E-state index contributed by atoms with van der Waals surface area (Å²) in [5.74, 6) is 1.41. The normalized spacial score (nSPS) is 18.1. The Kier molecular flexibility index (Phi) is 2.55. The molecule has 0 atom stereocenters. The molecule has 0 saturated heterocycles. The molecule has 1 aliphatic carbocycles. The van der Waals surface area contributed by atoms with Crippen molar-refractivity contribution in [1.29, 1.82) is 0 Å². The average Bonchev–Trinajstić information content (AvgIpc) is 2.88. The molecule has 2 aromatic heterocycles. The molecular formula is C11H16N4S. The fourth-order valence-corrected chi connectivity index (χ4v) is 3.38. The molecule has 0 unspecified atom stereocenters. The third-order valence-electron chi connectivity index (χ3n) is 3.35. The van der Waals surface area contributed by atoms with Gasteiger partial charge in [-0.05, 0) is 12.8 Å². The van der Waals surface area contributed by atoms with E-state index in [0.717, 1.165) is 10.9 Å². The number of fused-ring (bicyclic) bond motifs is 1. The number of hydrogen-bond donors (Lipinski definition) is 1. The van der Waals surface area contributed by atoms with Crippen LogP contribution in [0.4, 0.5) is 5.95 Å². The van der Waals surface area contributed by atoms with Crippen molar-refractivity contribution in [2.75, 3.05) is 12.4 Å². The molecule has 2 aromatic rings. The third-order valence-corrected chi connectivity index (χ3v) is 4.19. The van der Waals surface area contributed by atoms with Crippen LogP contribution in [0.15, 0.2) is 5.38 Å². The summed E-state index contributed by atoms with van der Waals surface area (Å²) in [4.78, 5) is 5.41. The smallest absolute Gasteiger partial charge is 0.243 e. The molecular weight excluding hydrogens is 220 g/mol. The van der Waals surface area contributed by atoms with Gasteiger partial charge in [0.25, 0.3) is 0 Å². The largest absolute Gasteiger partial charge is 0.356 e. The zero-order valence-electron chi connectivity index (χ0n) is 9.44. The van der Waals surface area contributed by atoms with Gasteiger partial charge in [-0.3, -0.25) is 0 Å². The number of hydrogen-bond acceptors (Lipinski definition) is 4. The maximum absolute atomic E-state index is 4.47. The molecule has 5 heteroatoms. The van der Waals surface area contributed by atoms with Gasteiger partial charge in [-0.1, -0.05) is 19.3 Å². The molecule has 3 rings (SSSR count). The highest BCUT2D eigenvalue weighted by Gasteiger charge is 2.20. The van der Waals surface area contributed by atoms with Crippen LogP contribution < -0.4 is 5.32 Å². The number of rotatable bonds is 2. The Morgan fingerprint density at radius 1 is 1.38 bits per heavy atom. The van der Waals surface area contributed by atoms with E-state index in [1.165, 1.54) is 37.8 Å². The summed E-state index contributed by atoms with van der Waals surface area (Å²) in [5, 5.41) is 9.69. The van der Waals surface area contributed by atoms with Gasteiger partial charge >= 0.3 is 0 Å². The molecule has 1 saturated carbocycles. The first-order valence-corrected chi connectivity index (χ1v) is 6.78. The van der Waals surface area contributed by atoms with Crippen molar-refractivity contribution >= 4 is 22.2 Å². The van der Waals surface area contributed by atoms with Gasteiger partial charge in [0.15, 0.2) is 0 Å². The number of nitrogens with zero attached hydrogens (tertiary/aromatic N) is 3. The van der Waals surface area contributed by atoms with E-state index in [0.29, 0.717) is 5.92 Å². The van der Waals surface area contributed by atoms with E-state index in [1.807, 2.05) is 11.6 Å². The number of nitrogens with one attached hydrogen (secondary N) is 1. The zero-order valence-corrected chi connectivity index (χ0v) is 10.3. The lowest BCUT2D eigenvalue weighted by atomic mass is 9.87. The Morgan fingerprint density at radius 2 is 2.19 bits per heavy atom. The SMILES string of the molecule is CNc1nc2scc(C3CCCCC3)n2n1. The van der Waals surface area contributed by atoms with Gasteiger partial charge in [-0.15, -0.1) is 16.4 Å².